The normalized spacial score (nSPS) is 10.3. The first kappa shape index (κ1) is 21.6. The molecule has 0 aliphatic heterocycles. The van der Waals surface area contributed by atoms with Crippen molar-refractivity contribution in [1.82, 2.24) is 14.4 Å². The van der Waals surface area contributed by atoms with E-state index in [4.69, 9.17) is 10.7 Å². The Bertz CT molecular complexity index is 1200. The van der Waals surface area contributed by atoms with Crippen molar-refractivity contribution in [3.8, 4) is 28.3 Å². The van der Waals surface area contributed by atoms with E-state index in [2.05, 4.69) is 30.7 Å². The van der Waals surface area contributed by atoms with Crippen LogP contribution in [0.5, 0.6) is 5.75 Å². The SMILES string of the molecule is C=CC(=O)Nc1ccc(-c2nc3ccnc(N)n3c2-c2ccc(O)cc2)cc1.CCC. The lowest BCUT2D eigenvalue weighted by molar-refractivity contribution is -0.111. The first-order valence-electron chi connectivity index (χ1n) is 9.94. The third-order valence-corrected chi connectivity index (χ3v) is 4.31. The number of aromatic hydroxyl groups is 1. The van der Waals surface area contributed by atoms with Crippen LogP contribution >= 0.6 is 0 Å². The van der Waals surface area contributed by atoms with Gasteiger partial charge in [-0.3, -0.25) is 9.20 Å². The lowest BCUT2D eigenvalue weighted by atomic mass is 10.0. The number of anilines is 2. The van der Waals surface area contributed by atoms with Crippen LogP contribution in [0.15, 0.2) is 73.4 Å². The number of nitrogens with zero attached hydrogens (tertiary/aromatic N) is 3. The average Bonchev–Trinajstić information content (AvgIpc) is 3.16. The summed E-state index contributed by atoms with van der Waals surface area (Å²) in [6, 6.07) is 15.9. The van der Waals surface area contributed by atoms with E-state index in [-0.39, 0.29) is 11.7 Å². The summed E-state index contributed by atoms with van der Waals surface area (Å²) in [6.45, 7) is 7.70. The molecule has 31 heavy (non-hydrogen) atoms. The maximum absolute atomic E-state index is 11.5. The summed E-state index contributed by atoms with van der Waals surface area (Å²) in [5, 5.41) is 12.3. The Labute approximate surface area is 180 Å². The van der Waals surface area contributed by atoms with Crippen LogP contribution in [0.2, 0.25) is 0 Å². The summed E-state index contributed by atoms with van der Waals surface area (Å²) in [5.41, 5.74) is 10.6. The molecule has 7 nitrogen and oxygen atoms in total. The number of phenolic OH excluding ortho intramolecular Hbond substituents is 1. The van der Waals surface area contributed by atoms with Crippen LogP contribution in [0.1, 0.15) is 20.3 Å². The van der Waals surface area contributed by atoms with Gasteiger partial charge in [0.05, 0.1) is 11.4 Å². The summed E-state index contributed by atoms with van der Waals surface area (Å²) in [6.07, 6.45) is 4.07. The van der Waals surface area contributed by atoms with E-state index >= 15 is 0 Å². The molecule has 1 amide bonds. The molecule has 4 N–H and O–H groups in total. The molecule has 2 aromatic carbocycles. The molecule has 158 valence electrons. The number of nitrogen functional groups attached to an aromatic ring is 1. The van der Waals surface area contributed by atoms with E-state index < -0.39 is 0 Å². The number of amides is 1. The van der Waals surface area contributed by atoms with Gasteiger partial charge >= 0.3 is 0 Å². The highest BCUT2D eigenvalue weighted by Gasteiger charge is 2.18. The second-order valence-corrected chi connectivity index (χ2v) is 6.83. The zero-order valence-corrected chi connectivity index (χ0v) is 17.5. The monoisotopic (exact) mass is 415 g/mol. The lowest BCUT2D eigenvalue weighted by Gasteiger charge is -2.08. The van der Waals surface area contributed by atoms with Gasteiger partial charge in [0.25, 0.3) is 0 Å². The molecule has 0 atom stereocenters. The first-order chi connectivity index (χ1) is 15.0. The zero-order valence-electron chi connectivity index (χ0n) is 17.5. The van der Waals surface area contributed by atoms with Gasteiger partial charge in [0, 0.05) is 23.0 Å². The number of nitrogens with one attached hydrogen (secondary N) is 1. The van der Waals surface area contributed by atoms with Gasteiger partial charge in [0.1, 0.15) is 11.4 Å². The molecule has 0 radical (unpaired) electrons. The minimum atomic E-state index is -0.274. The minimum absolute atomic E-state index is 0.174. The van der Waals surface area contributed by atoms with Gasteiger partial charge in [-0.1, -0.05) is 39.0 Å². The second kappa shape index (κ2) is 9.58. The molecule has 2 heterocycles. The van der Waals surface area contributed by atoms with Crippen molar-refractivity contribution in [1.29, 1.82) is 0 Å². The van der Waals surface area contributed by atoms with Crippen LogP contribution in [-0.4, -0.2) is 25.4 Å². The number of rotatable bonds is 4. The third-order valence-electron chi connectivity index (χ3n) is 4.31. The number of carbonyl (C=O) groups excluding carboxylic acids is 1. The molecular weight excluding hydrogens is 390 g/mol. The molecule has 2 aromatic heterocycles. The largest absolute Gasteiger partial charge is 0.508 e. The van der Waals surface area contributed by atoms with E-state index in [1.165, 1.54) is 12.5 Å². The smallest absolute Gasteiger partial charge is 0.247 e. The maximum atomic E-state index is 11.5. The fraction of sp³-hybridized carbons (Fsp3) is 0.125. The van der Waals surface area contributed by atoms with Gasteiger partial charge < -0.3 is 16.2 Å². The van der Waals surface area contributed by atoms with Crippen LogP contribution < -0.4 is 11.1 Å². The number of phenols is 1. The fourth-order valence-corrected chi connectivity index (χ4v) is 3.01. The number of aromatic nitrogens is 3. The van der Waals surface area contributed by atoms with Gasteiger partial charge in [-0.25, -0.2) is 9.97 Å². The number of fused-ring (bicyclic) bond motifs is 1. The summed E-state index contributed by atoms with van der Waals surface area (Å²) >= 11 is 0. The van der Waals surface area contributed by atoms with Crippen molar-refractivity contribution >= 4 is 23.2 Å². The van der Waals surface area contributed by atoms with Gasteiger partial charge in [0.15, 0.2) is 0 Å². The molecule has 0 spiro atoms. The van der Waals surface area contributed by atoms with Crippen LogP contribution in [0.4, 0.5) is 11.6 Å². The second-order valence-electron chi connectivity index (χ2n) is 6.83. The van der Waals surface area contributed by atoms with Crippen molar-refractivity contribution in [3.05, 3.63) is 73.4 Å². The molecule has 0 unspecified atom stereocenters. The van der Waals surface area contributed by atoms with Gasteiger partial charge in [-0.05, 0) is 48.5 Å². The highest BCUT2D eigenvalue weighted by Crippen LogP contribution is 2.34. The topological polar surface area (TPSA) is 106 Å². The van der Waals surface area contributed by atoms with E-state index in [1.54, 1.807) is 53.1 Å². The molecule has 0 saturated heterocycles. The summed E-state index contributed by atoms with van der Waals surface area (Å²) in [4.78, 5) is 20.4. The molecule has 4 aromatic rings. The van der Waals surface area contributed by atoms with Crippen molar-refractivity contribution < 1.29 is 9.90 Å². The maximum Gasteiger partial charge on any atom is 0.247 e. The molecule has 0 fully saturated rings. The van der Waals surface area contributed by atoms with E-state index in [0.29, 0.717) is 23.0 Å². The van der Waals surface area contributed by atoms with E-state index in [1.807, 2.05) is 12.1 Å². The quantitative estimate of drug-likeness (QED) is 0.412. The molecule has 0 saturated carbocycles. The van der Waals surface area contributed by atoms with Gasteiger partial charge in [-0.2, -0.15) is 0 Å². The number of hydrogen-bond acceptors (Lipinski definition) is 5. The number of benzene rings is 2. The minimum Gasteiger partial charge on any atom is -0.508 e. The van der Waals surface area contributed by atoms with E-state index in [0.717, 1.165) is 16.8 Å². The van der Waals surface area contributed by atoms with Crippen molar-refractivity contribution in [3.63, 3.8) is 0 Å². The molecule has 0 aliphatic carbocycles. The van der Waals surface area contributed by atoms with Crippen LogP contribution in [-0.2, 0) is 4.79 Å². The lowest BCUT2D eigenvalue weighted by Crippen LogP contribution is -2.06. The average molecular weight is 415 g/mol. The Morgan fingerprint density at radius 2 is 1.71 bits per heavy atom. The third kappa shape index (κ3) is 4.72. The van der Waals surface area contributed by atoms with Crippen LogP contribution in [0.3, 0.4) is 0 Å². The standard InChI is InChI=1S/C21H17N5O2.C3H8/c1-2-18(28)24-15-7-3-13(4-8-15)19-20(14-5-9-16(27)10-6-14)26-17(25-19)11-12-23-21(26)22;1-3-2/h2-12,27H,1H2,(H2,22,23)(H,24,28);3H2,1-2H3. The number of carbonyl (C=O) groups is 1. The van der Waals surface area contributed by atoms with Crippen LogP contribution in [0, 0.1) is 0 Å². The Morgan fingerprint density at radius 3 is 2.32 bits per heavy atom. The van der Waals surface area contributed by atoms with Gasteiger partial charge in [-0.15, -0.1) is 0 Å². The molecule has 4 rings (SSSR count). The zero-order chi connectivity index (χ0) is 22.4. The van der Waals surface area contributed by atoms with Gasteiger partial charge in [0.2, 0.25) is 11.9 Å². The molecule has 0 aliphatic rings. The number of hydrogen-bond donors (Lipinski definition) is 3. The fourth-order valence-electron chi connectivity index (χ4n) is 3.01. The molecule has 0 bridgehead atoms. The number of nitrogens with two attached hydrogens (primary N) is 1. The Morgan fingerprint density at radius 1 is 1.10 bits per heavy atom. The Balaban J connectivity index is 0.000000858. The van der Waals surface area contributed by atoms with Crippen molar-refractivity contribution in [2.75, 3.05) is 11.1 Å². The summed E-state index contributed by atoms with van der Waals surface area (Å²) < 4.78 is 1.77. The summed E-state index contributed by atoms with van der Waals surface area (Å²) in [7, 11) is 0. The van der Waals surface area contributed by atoms with Crippen molar-refractivity contribution in [2.45, 2.75) is 20.3 Å². The highest BCUT2D eigenvalue weighted by atomic mass is 16.3. The molecular formula is C24H25N5O2. The van der Waals surface area contributed by atoms with E-state index in [9.17, 15) is 9.90 Å². The Kier molecular flexibility index (Phi) is 6.67. The summed E-state index contributed by atoms with van der Waals surface area (Å²) in [5.74, 6) is 0.214. The number of imidazole rings is 1. The predicted octanol–water partition coefficient (Wildman–Crippen LogP) is 4.89. The van der Waals surface area contributed by atoms with Crippen molar-refractivity contribution in [2.24, 2.45) is 0 Å². The first-order valence-corrected chi connectivity index (χ1v) is 9.94. The molecule has 7 heteroatoms. The highest BCUT2D eigenvalue weighted by molar-refractivity contribution is 5.99. The predicted molar refractivity (Wildman–Crippen MR) is 125 cm³/mol. The van der Waals surface area contributed by atoms with Crippen LogP contribution in [0.25, 0.3) is 28.2 Å². The Hall–Kier alpha value is -4.13.